The number of nitrogens with zero attached hydrogens (tertiary/aromatic N) is 3. The lowest BCUT2D eigenvalue weighted by molar-refractivity contribution is 0.208. The Morgan fingerprint density at radius 3 is 2.69 bits per heavy atom. The second-order valence-electron chi connectivity index (χ2n) is 6.77. The quantitative estimate of drug-likeness (QED) is 0.834. The van der Waals surface area contributed by atoms with Crippen molar-refractivity contribution in [2.24, 2.45) is 7.05 Å². The Labute approximate surface area is 160 Å². The van der Waals surface area contributed by atoms with Gasteiger partial charge in [-0.05, 0) is 38.4 Å². The van der Waals surface area contributed by atoms with Crippen LogP contribution in [-0.2, 0) is 13.6 Å². The van der Waals surface area contributed by atoms with Crippen molar-refractivity contribution in [2.75, 3.05) is 32.6 Å². The van der Waals surface area contributed by atoms with E-state index in [9.17, 15) is 0 Å². The van der Waals surface area contributed by atoms with Gasteiger partial charge in [-0.2, -0.15) is 5.10 Å². The Morgan fingerprint density at radius 2 is 2.04 bits per heavy atom. The van der Waals surface area contributed by atoms with Gasteiger partial charge in [0.25, 0.3) is 0 Å². The highest BCUT2D eigenvalue weighted by Crippen LogP contribution is 2.31. The highest BCUT2D eigenvalue weighted by atomic mass is 35.5. The van der Waals surface area contributed by atoms with Crippen LogP contribution < -0.4 is 14.8 Å². The normalized spacial score (nSPS) is 18.0. The van der Waals surface area contributed by atoms with E-state index in [2.05, 4.69) is 15.3 Å². The molecule has 26 heavy (non-hydrogen) atoms. The van der Waals surface area contributed by atoms with E-state index in [4.69, 9.17) is 21.1 Å². The highest BCUT2D eigenvalue weighted by molar-refractivity contribution is 6.30. The standard InChI is InChI=1S/C19H27ClN4O2/c1-13-16(19(20)23(2)22-13)12-24-9-5-6-15(11-24)21-14-7-8-17(25-3)18(10-14)26-4/h7-8,10,15,21H,5-6,9,11-12H2,1-4H3. The van der Waals surface area contributed by atoms with Crippen molar-refractivity contribution in [3.05, 3.63) is 34.6 Å². The third-order valence-electron chi connectivity index (χ3n) is 4.91. The summed E-state index contributed by atoms with van der Waals surface area (Å²) in [5, 5.41) is 8.77. The van der Waals surface area contributed by atoms with Gasteiger partial charge in [-0.1, -0.05) is 11.6 Å². The molecule has 0 radical (unpaired) electrons. The van der Waals surface area contributed by atoms with Crippen LogP contribution in [0.2, 0.25) is 5.15 Å². The SMILES string of the molecule is COc1ccc(NC2CCCN(Cc3c(C)nn(C)c3Cl)C2)cc1OC. The lowest BCUT2D eigenvalue weighted by Crippen LogP contribution is -2.41. The maximum Gasteiger partial charge on any atom is 0.162 e. The fourth-order valence-corrected chi connectivity index (χ4v) is 3.79. The van der Waals surface area contributed by atoms with Gasteiger partial charge < -0.3 is 14.8 Å². The minimum absolute atomic E-state index is 0.387. The molecule has 3 rings (SSSR count). The number of aryl methyl sites for hydroxylation is 2. The van der Waals surface area contributed by atoms with E-state index in [0.29, 0.717) is 6.04 Å². The van der Waals surface area contributed by atoms with Crippen LogP contribution in [0.15, 0.2) is 18.2 Å². The fourth-order valence-electron chi connectivity index (χ4n) is 3.56. The summed E-state index contributed by atoms with van der Waals surface area (Å²) in [5.41, 5.74) is 3.18. The van der Waals surface area contributed by atoms with E-state index < -0.39 is 0 Å². The largest absolute Gasteiger partial charge is 0.493 e. The summed E-state index contributed by atoms with van der Waals surface area (Å²) in [6, 6.07) is 6.33. The molecule has 6 nitrogen and oxygen atoms in total. The second-order valence-corrected chi connectivity index (χ2v) is 7.12. The molecule has 1 N–H and O–H groups in total. The first-order chi connectivity index (χ1) is 12.5. The number of halogens is 1. The van der Waals surface area contributed by atoms with Crippen molar-refractivity contribution in [1.29, 1.82) is 0 Å². The molecule has 142 valence electrons. The molecule has 0 amide bonds. The monoisotopic (exact) mass is 378 g/mol. The molecule has 7 heteroatoms. The fraction of sp³-hybridized carbons (Fsp3) is 0.526. The predicted octanol–water partition coefficient (Wildman–Crippen LogP) is 3.48. The van der Waals surface area contributed by atoms with Crippen LogP contribution in [0, 0.1) is 6.92 Å². The molecular weight excluding hydrogens is 352 g/mol. The molecule has 1 aliphatic heterocycles. The summed E-state index contributed by atoms with van der Waals surface area (Å²) in [7, 11) is 5.19. The smallest absolute Gasteiger partial charge is 0.162 e. The highest BCUT2D eigenvalue weighted by Gasteiger charge is 2.22. The third-order valence-corrected chi connectivity index (χ3v) is 5.38. The van der Waals surface area contributed by atoms with E-state index in [0.717, 1.165) is 66.1 Å². The van der Waals surface area contributed by atoms with E-state index in [1.807, 2.05) is 32.2 Å². The van der Waals surface area contributed by atoms with E-state index >= 15 is 0 Å². The average Bonchev–Trinajstić information content (AvgIpc) is 2.88. The van der Waals surface area contributed by atoms with Crippen molar-refractivity contribution in [2.45, 2.75) is 32.4 Å². The van der Waals surface area contributed by atoms with Crippen molar-refractivity contribution < 1.29 is 9.47 Å². The number of methoxy groups -OCH3 is 2. The molecule has 2 aromatic rings. The Bertz CT molecular complexity index is 762. The summed E-state index contributed by atoms with van der Waals surface area (Å²) in [5.74, 6) is 1.48. The Hall–Kier alpha value is -1.92. The van der Waals surface area contributed by atoms with E-state index in [1.165, 1.54) is 0 Å². The summed E-state index contributed by atoms with van der Waals surface area (Å²) in [6.45, 7) is 4.90. The van der Waals surface area contributed by atoms with Gasteiger partial charge in [0.15, 0.2) is 11.5 Å². The van der Waals surface area contributed by atoms with Gasteiger partial charge in [0.05, 0.1) is 19.9 Å². The molecule has 0 saturated carbocycles. The lowest BCUT2D eigenvalue weighted by atomic mass is 10.0. The number of hydrogen-bond acceptors (Lipinski definition) is 5. The van der Waals surface area contributed by atoms with Gasteiger partial charge in [-0.3, -0.25) is 9.58 Å². The molecule has 1 aromatic heterocycles. The molecule has 1 saturated heterocycles. The minimum atomic E-state index is 0.387. The van der Waals surface area contributed by atoms with Crippen molar-refractivity contribution in [3.8, 4) is 11.5 Å². The summed E-state index contributed by atoms with van der Waals surface area (Å²) >= 11 is 6.39. The van der Waals surface area contributed by atoms with Crippen LogP contribution in [0.3, 0.4) is 0 Å². The van der Waals surface area contributed by atoms with Crippen LogP contribution in [0.1, 0.15) is 24.1 Å². The summed E-state index contributed by atoms with van der Waals surface area (Å²) in [6.07, 6.45) is 2.30. The molecule has 0 spiro atoms. The van der Waals surface area contributed by atoms with Gasteiger partial charge in [0, 0.05) is 43.5 Å². The molecule has 1 aliphatic rings. The van der Waals surface area contributed by atoms with Gasteiger partial charge >= 0.3 is 0 Å². The number of hydrogen-bond donors (Lipinski definition) is 1. The topological polar surface area (TPSA) is 51.5 Å². The number of ether oxygens (including phenoxy) is 2. The zero-order chi connectivity index (χ0) is 18.7. The first kappa shape index (κ1) is 18.9. The molecule has 1 aromatic carbocycles. The molecule has 2 heterocycles. The lowest BCUT2D eigenvalue weighted by Gasteiger charge is -2.33. The average molecular weight is 379 g/mol. The maximum absolute atomic E-state index is 6.39. The molecule has 1 atom stereocenters. The molecular formula is C19H27ClN4O2. The molecule has 1 unspecified atom stereocenters. The number of aromatic nitrogens is 2. The number of benzene rings is 1. The second kappa shape index (κ2) is 8.18. The number of likely N-dealkylation sites (tertiary alicyclic amines) is 1. The van der Waals surface area contributed by atoms with Gasteiger partial charge in [0.1, 0.15) is 5.15 Å². The first-order valence-corrected chi connectivity index (χ1v) is 9.28. The van der Waals surface area contributed by atoms with Crippen molar-refractivity contribution in [3.63, 3.8) is 0 Å². The molecule has 0 bridgehead atoms. The van der Waals surface area contributed by atoms with Gasteiger partial charge in [0.2, 0.25) is 0 Å². The van der Waals surface area contributed by atoms with Crippen LogP contribution in [0.25, 0.3) is 0 Å². The maximum atomic E-state index is 6.39. The molecule has 0 aliphatic carbocycles. The predicted molar refractivity (Wildman–Crippen MR) is 104 cm³/mol. The molecule has 1 fully saturated rings. The van der Waals surface area contributed by atoms with Crippen LogP contribution in [-0.4, -0.2) is 48.0 Å². The Morgan fingerprint density at radius 1 is 1.27 bits per heavy atom. The minimum Gasteiger partial charge on any atom is -0.493 e. The zero-order valence-electron chi connectivity index (χ0n) is 15.9. The number of rotatable bonds is 6. The van der Waals surface area contributed by atoms with E-state index in [-0.39, 0.29) is 0 Å². The summed E-state index contributed by atoms with van der Waals surface area (Å²) in [4.78, 5) is 2.44. The third kappa shape index (κ3) is 4.07. The van der Waals surface area contributed by atoms with Gasteiger partial charge in [-0.15, -0.1) is 0 Å². The van der Waals surface area contributed by atoms with Crippen LogP contribution in [0.4, 0.5) is 5.69 Å². The van der Waals surface area contributed by atoms with Crippen molar-refractivity contribution >= 4 is 17.3 Å². The zero-order valence-corrected chi connectivity index (χ0v) is 16.6. The Kier molecular flexibility index (Phi) is 5.94. The van der Waals surface area contributed by atoms with Crippen LogP contribution >= 0.6 is 11.6 Å². The van der Waals surface area contributed by atoms with Gasteiger partial charge in [-0.25, -0.2) is 0 Å². The van der Waals surface area contributed by atoms with E-state index in [1.54, 1.807) is 18.9 Å². The Balaban J connectivity index is 1.65. The van der Waals surface area contributed by atoms with Crippen LogP contribution in [0.5, 0.6) is 11.5 Å². The first-order valence-electron chi connectivity index (χ1n) is 8.90. The van der Waals surface area contributed by atoms with Crippen molar-refractivity contribution in [1.82, 2.24) is 14.7 Å². The number of anilines is 1. The number of piperidine rings is 1. The summed E-state index contributed by atoms with van der Waals surface area (Å²) < 4.78 is 12.4. The number of nitrogens with one attached hydrogen (secondary N) is 1.